The summed E-state index contributed by atoms with van der Waals surface area (Å²) in [7, 11) is 0. The van der Waals surface area contributed by atoms with Crippen molar-refractivity contribution in [1.82, 2.24) is 4.90 Å². The lowest BCUT2D eigenvalue weighted by molar-refractivity contribution is -0.147. The molecule has 1 fully saturated rings. The second kappa shape index (κ2) is 7.25. The van der Waals surface area contributed by atoms with Crippen molar-refractivity contribution in [3.8, 4) is 11.8 Å². The number of nitrogens with zero attached hydrogens (tertiary/aromatic N) is 1. The zero-order valence-corrected chi connectivity index (χ0v) is 12.6. The van der Waals surface area contributed by atoms with Crippen LogP contribution in [0, 0.1) is 11.8 Å². The van der Waals surface area contributed by atoms with Gasteiger partial charge in [0, 0.05) is 11.9 Å². The summed E-state index contributed by atoms with van der Waals surface area (Å²) in [5.41, 5.74) is 0.526. The average molecular weight is 307 g/mol. The molecule has 1 aliphatic rings. The van der Waals surface area contributed by atoms with Gasteiger partial charge in [-0.1, -0.05) is 11.8 Å². The molecule has 0 spiro atoms. The molecule has 1 aromatic heterocycles. The summed E-state index contributed by atoms with van der Waals surface area (Å²) in [5, 5.41) is 10.4. The second-order valence-electron chi connectivity index (χ2n) is 4.57. The first kappa shape index (κ1) is 15.5. The number of amides is 1. The van der Waals surface area contributed by atoms with Crippen LogP contribution in [0.4, 0.5) is 0 Å². The molecule has 1 unspecified atom stereocenters. The van der Waals surface area contributed by atoms with Crippen molar-refractivity contribution in [2.75, 3.05) is 19.8 Å². The smallest absolute Gasteiger partial charge is 0.328 e. The lowest BCUT2D eigenvalue weighted by Gasteiger charge is -2.22. The molecule has 1 aromatic rings. The van der Waals surface area contributed by atoms with Crippen LogP contribution in [0.15, 0.2) is 11.4 Å². The molecule has 1 saturated heterocycles. The van der Waals surface area contributed by atoms with Crippen molar-refractivity contribution < 1.29 is 19.4 Å². The molecule has 0 bridgehead atoms. The number of thiophene rings is 1. The Morgan fingerprint density at radius 2 is 2.38 bits per heavy atom. The predicted octanol–water partition coefficient (Wildman–Crippen LogP) is 1.26. The monoisotopic (exact) mass is 307 g/mol. The zero-order valence-electron chi connectivity index (χ0n) is 11.8. The quantitative estimate of drug-likeness (QED) is 0.674. The van der Waals surface area contributed by atoms with Gasteiger partial charge in [0.1, 0.15) is 12.6 Å². The Hall–Kier alpha value is -1.84. The van der Waals surface area contributed by atoms with Gasteiger partial charge in [0.25, 0.3) is 5.91 Å². The normalized spacial score (nSPS) is 17.2. The van der Waals surface area contributed by atoms with Crippen LogP contribution in [0.5, 0.6) is 0 Å². The highest BCUT2D eigenvalue weighted by atomic mass is 32.1. The number of carbonyl (C=O) groups excluding carboxylic acids is 2. The first-order chi connectivity index (χ1) is 10.2. The first-order valence-electron chi connectivity index (χ1n) is 6.83. The number of carbonyl (C=O) groups is 2. The van der Waals surface area contributed by atoms with Crippen LogP contribution in [-0.4, -0.2) is 47.7 Å². The molecule has 2 heterocycles. The van der Waals surface area contributed by atoms with E-state index in [1.54, 1.807) is 23.3 Å². The molecule has 1 N–H and O–H groups in total. The van der Waals surface area contributed by atoms with Crippen molar-refractivity contribution in [2.45, 2.75) is 25.8 Å². The van der Waals surface area contributed by atoms with Crippen molar-refractivity contribution in [3.05, 3.63) is 21.9 Å². The fraction of sp³-hybridized carbons (Fsp3) is 0.467. The maximum absolute atomic E-state index is 12.5. The highest BCUT2D eigenvalue weighted by Gasteiger charge is 2.35. The van der Waals surface area contributed by atoms with Crippen LogP contribution < -0.4 is 0 Å². The summed E-state index contributed by atoms with van der Waals surface area (Å²) in [6, 6.07) is 1.21. The average Bonchev–Trinajstić information content (AvgIpc) is 3.13. The molecular weight excluding hydrogens is 290 g/mol. The molecule has 0 aromatic carbocycles. The van der Waals surface area contributed by atoms with Gasteiger partial charge in [-0.05, 0) is 25.8 Å². The third-order valence-electron chi connectivity index (χ3n) is 3.21. The van der Waals surface area contributed by atoms with E-state index in [9.17, 15) is 9.59 Å². The molecule has 1 aliphatic heterocycles. The van der Waals surface area contributed by atoms with Gasteiger partial charge in [-0.2, -0.15) is 0 Å². The topological polar surface area (TPSA) is 66.8 Å². The molecule has 0 aliphatic carbocycles. The molecule has 0 radical (unpaired) electrons. The summed E-state index contributed by atoms with van der Waals surface area (Å²) >= 11 is 1.35. The van der Waals surface area contributed by atoms with E-state index in [2.05, 4.69) is 11.8 Å². The molecular formula is C15H17NO4S. The van der Waals surface area contributed by atoms with Crippen molar-refractivity contribution in [2.24, 2.45) is 0 Å². The molecule has 0 saturated carbocycles. The van der Waals surface area contributed by atoms with Gasteiger partial charge in [0.05, 0.1) is 17.0 Å². The van der Waals surface area contributed by atoms with Crippen molar-refractivity contribution in [3.63, 3.8) is 0 Å². The van der Waals surface area contributed by atoms with Gasteiger partial charge in [0.15, 0.2) is 0 Å². The van der Waals surface area contributed by atoms with Crippen LogP contribution in [0.2, 0.25) is 0 Å². The van der Waals surface area contributed by atoms with Crippen LogP contribution in [0.1, 0.15) is 35.0 Å². The minimum Gasteiger partial charge on any atom is -0.464 e. The van der Waals surface area contributed by atoms with E-state index in [0.29, 0.717) is 25.1 Å². The maximum atomic E-state index is 12.5. The van der Waals surface area contributed by atoms with Gasteiger partial charge in [-0.3, -0.25) is 4.79 Å². The summed E-state index contributed by atoms with van der Waals surface area (Å²) in [5.74, 6) is 4.82. The highest BCUT2D eigenvalue weighted by Crippen LogP contribution is 2.23. The number of likely N-dealkylation sites (tertiary alicyclic amines) is 1. The summed E-state index contributed by atoms with van der Waals surface area (Å²) < 4.78 is 5.02. The molecule has 1 amide bonds. The van der Waals surface area contributed by atoms with Crippen LogP contribution in [-0.2, 0) is 9.53 Å². The number of aliphatic hydroxyl groups excluding tert-OH is 1. The van der Waals surface area contributed by atoms with Crippen LogP contribution in [0.25, 0.3) is 0 Å². The molecule has 6 heteroatoms. The fourth-order valence-electron chi connectivity index (χ4n) is 2.30. The van der Waals surface area contributed by atoms with Crippen LogP contribution >= 0.6 is 11.3 Å². The number of esters is 1. The SMILES string of the molecule is CCOC(=O)C1CCCN1C(=O)c1csc(C#CCO)c1. The number of ether oxygens (including phenoxy) is 1. The Morgan fingerprint density at radius 3 is 3.10 bits per heavy atom. The zero-order chi connectivity index (χ0) is 15.2. The van der Waals surface area contributed by atoms with E-state index in [1.165, 1.54) is 11.3 Å². The number of aliphatic hydroxyl groups is 1. The number of rotatable bonds is 3. The molecule has 2 rings (SSSR count). The van der Waals surface area contributed by atoms with Crippen molar-refractivity contribution in [1.29, 1.82) is 0 Å². The molecule has 5 nitrogen and oxygen atoms in total. The fourth-order valence-corrected chi connectivity index (χ4v) is 3.05. The van der Waals surface area contributed by atoms with Crippen LogP contribution in [0.3, 0.4) is 0 Å². The van der Waals surface area contributed by atoms with E-state index < -0.39 is 6.04 Å². The van der Waals surface area contributed by atoms with E-state index in [4.69, 9.17) is 9.84 Å². The van der Waals surface area contributed by atoms with E-state index >= 15 is 0 Å². The first-order valence-corrected chi connectivity index (χ1v) is 7.71. The van der Waals surface area contributed by atoms with E-state index in [0.717, 1.165) is 11.3 Å². The Labute approximate surface area is 127 Å². The van der Waals surface area contributed by atoms with E-state index in [1.807, 2.05) is 0 Å². The summed E-state index contributed by atoms with van der Waals surface area (Å²) in [6.07, 6.45) is 1.45. The van der Waals surface area contributed by atoms with Gasteiger partial charge in [-0.15, -0.1) is 11.3 Å². The third-order valence-corrected chi connectivity index (χ3v) is 4.06. The molecule has 112 valence electrons. The second-order valence-corrected chi connectivity index (χ2v) is 5.48. The predicted molar refractivity (Wildman–Crippen MR) is 79.0 cm³/mol. The Morgan fingerprint density at radius 1 is 1.57 bits per heavy atom. The lowest BCUT2D eigenvalue weighted by atomic mass is 10.2. The molecule has 1 atom stereocenters. The Bertz CT molecular complexity index is 584. The van der Waals surface area contributed by atoms with Crippen molar-refractivity contribution >= 4 is 23.2 Å². The summed E-state index contributed by atoms with van der Waals surface area (Å²) in [6.45, 7) is 2.43. The minimum atomic E-state index is -0.482. The Kier molecular flexibility index (Phi) is 5.37. The standard InChI is InChI=1S/C15H17NO4S/c1-2-20-15(19)13-6-3-7-16(13)14(18)11-9-12(21-10-11)5-4-8-17/h9-10,13,17H,2-3,6-8H2,1H3. The van der Waals surface area contributed by atoms with Gasteiger partial charge in [-0.25, -0.2) is 4.79 Å². The third kappa shape index (κ3) is 3.63. The number of hydrogen-bond donors (Lipinski definition) is 1. The minimum absolute atomic E-state index is 0.168. The summed E-state index contributed by atoms with van der Waals surface area (Å²) in [4.78, 5) is 26.6. The Balaban J connectivity index is 2.11. The van der Waals surface area contributed by atoms with Gasteiger partial charge < -0.3 is 14.7 Å². The largest absolute Gasteiger partial charge is 0.464 e. The lowest BCUT2D eigenvalue weighted by Crippen LogP contribution is -2.41. The van der Waals surface area contributed by atoms with E-state index in [-0.39, 0.29) is 18.5 Å². The van der Waals surface area contributed by atoms with Gasteiger partial charge in [0.2, 0.25) is 0 Å². The molecule has 21 heavy (non-hydrogen) atoms. The van der Waals surface area contributed by atoms with Gasteiger partial charge >= 0.3 is 5.97 Å². The maximum Gasteiger partial charge on any atom is 0.328 e. The highest BCUT2D eigenvalue weighted by molar-refractivity contribution is 7.10. The number of hydrogen-bond acceptors (Lipinski definition) is 5.